The molecule has 1 saturated carbocycles. The van der Waals surface area contributed by atoms with Gasteiger partial charge in [-0.2, -0.15) is 0 Å². The molecule has 0 bridgehead atoms. The average Bonchev–Trinajstić information content (AvgIpc) is 3.33. The van der Waals surface area contributed by atoms with E-state index in [1.165, 1.54) is 31.5 Å². The smallest absolute Gasteiger partial charge is 0.227 e. The number of carbonyl (C=O) groups is 1. The lowest BCUT2D eigenvalue weighted by Crippen LogP contribution is -2.35. The average molecular weight is 332 g/mol. The molecule has 3 fully saturated rings. The number of rotatable bonds is 4. The van der Waals surface area contributed by atoms with Gasteiger partial charge in [0.05, 0.1) is 19.1 Å². The standard InChI is InChI=1S/C19H25FN2O2/c20-17-5-3-14(4-6-17)9-19(23)22-12-16-11-21(10-15-1-2-15)7-8-24-18(16)13-22/h3-6,15-16,18H,1-2,7-13H2/t16-,18+/m1/s1. The summed E-state index contributed by atoms with van der Waals surface area (Å²) in [5.41, 5.74) is 0.866. The Balaban J connectivity index is 1.34. The number of amides is 1. The summed E-state index contributed by atoms with van der Waals surface area (Å²) in [6.45, 7) is 5.51. The molecule has 3 aliphatic rings. The van der Waals surface area contributed by atoms with Crippen LogP contribution >= 0.6 is 0 Å². The Kier molecular flexibility index (Phi) is 4.55. The molecule has 1 amide bonds. The van der Waals surface area contributed by atoms with E-state index in [0.717, 1.165) is 37.7 Å². The second kappa shape index (κ2) is 6.81. The first-order chi connectivity index (χ1) is 11.7. The van der Waals surface area contributed by atoms with E-state index in [1.54, 1.807) is 12.1 Å². The highest BCUT2D eigenvalue weighted by Gasteiger charge is 2.39. The lowest BCUT2D eigenvalue weighted by atomic mass is 10.1. The van der Waals surface area contributed by atoms with Gasteiger partial charge in [0, 0.05) is 38.6 Å². The largest absolute Gasteiger partial charge is 0.375 e. The maximum Gasteiger partial charge on any atom is 0.227 e. The fraction of sp³-hybridized carbons (Fsp3) is 0.632. The first-order valence-corrected chi connectivity index (χ1v) is 9.03. The topological polar surface area (TPSA) is 32.8 Å². The molecule has 0 N–H and O–H groups in total. The summed E-state index contributed by atoms with van der Waals surface area (Å²) in [6.07, 6.45) is 3.25. The highest BCUT2D eigenvalue weighted by molar-refractivity contribution is 5.79. The van der Waals surface area contributed by atoms with Crippen molar-refractivity contribution in [3.05, 3.63) is 35.6 Å². The Hall–Kier alpha value is -1.46. The quantitative estimate of drug-likeness (QED) is 0.845. The zero-order valence-corrected chi connectivity index (χ0v) is 14.0. The zero-order valence-electron chi connectivity index (χ0n) is 14.0. The molecule has 2 atom stereocenters. The minimum atomic E-state index is -0.265. The van der Waals surface area contributed by atoms with Gasteiger partial charge >= 0.3 is 0 Å². The molecular formula is C19H25FN2O2. The van der Waals surface area contributed by atoms with Crippen molar-refractivity contribution in [2.24, 2.45) is 11.8 Å². The van der Waals surface area contributed by atoms with Gasteiger partial charge in [0.2, 0.25) is 5.91 Å². The molecule has 0 aromatic heterocycles. The lowest BCUT2D eigenvalue weighted by Gasteiger charge is -2.23. The zero-order chi connectivity index (χ0) is 16.5. The van der Waals surface area contributed by atoms with Gasteiger partial charge in [-0.25, -0.2) is 4.39 Å². The monoisotopic (exact) mass is 332 g/mol. The van der Waals surface area contributed by atoms with Crippen LogP contribution in [0, 0.1) is 17.7 Å². The number of halogens is 1. The molecule has 4 rings (SSSR count). The predicted molar refractivity (Wildman–Crippen MR) is 89.1 cm³/mol. The van der Waals surface area contributed by atoms with Crippen LogP contribution in [0.15, 0.2) is 24.3 Å². The maximum absolute atomic E-state index is 13.0. The van der Waals surface area contributed by atoms with E-state index >= 15 is 0 Å². The normalized spacial score (nSPS) is 27.8. The summed E-state index contributed by atoms with van der Waals surface area (Å²) in [7, 11) is 0. The van der Waals surface area contributed by atoms with E-state index in [1.807, 2.05) is 4.90 Å². The third-order valence-corrected chi connectivity index (χ3v) is 5.45. The molecule has 2 heterocycles. The summed E-state index contributed by atoms with van der Waals surface area (Å²) in [5.74, 6) is 1.16. The van der Waals surface area contributed by atoms with E-state index in [9.17, 15) is 9.18 Å². The SMILES string of the molecule is O=C(Cc1ccc(F)cc1)N1C[C@H]2CN(CC3CC3)CCO[C@H]2C1. The van der Waals surface area contributed by atoms with Crippen LogP contribution in [0.4, 0.5) is 4.39 Å². The van der Waals surface area contributed by atoms with Crippen LogP contribution in [0.25, 0.3) is 0 Å². The van der Waals surface area contributed by atoms with E-state index in [0.29, 0.717) is 18.9 Å². The summed E-state index contributed by atoms with van der Waals surface area (Å²) >= 11 is 0. The number of benzene rings is 1. The van der Waals surface area contributed by atoms with Crippen LogP contribution in [-0.4, -0.2) is 61.1 Å². The van der Waals surface area contributed by atoms with Gasteiger partial charge in [-0.1, -0.05) is 12.1 Å². The van der Waals surface area contributed by atoms with Crippen LogP contribution in [0.3, 0.4) is 0 Å². The molecule has 1 aromatic carbocycles. The molecule has 2 saturated heterocycles. The Bertz CT molecular complexity index is 588. The molecular weight excluding hydrogens is 307 g/mol. The van der Waals surface area contributed by atoms with Crippen LogP contribution in [-0.2, 0) is 16.0 Å². The van der Waals surface area contributed by atoms with Gasteiger partial charge in [-0.05, 0) is 36.5 Å². The van der Waals surface area contributed by atoms with Gasteiger partial charge in [0.1, 0.15) is 5.82 Å². The van der Waals surface area contributed by atoms with E-state index in [4.69, 9.17) is 4.74 Å². The lowest BCUT2D eigenvalue weighted by molar-refractivity contribution is -0.130. The molecule has 130 valence electrons. The second-order valence-corrected chi connectivity index (χ2v) is 7.47. The number of fused-ring (bicyclic) bond motifs is 1. The number of carbonyl (C=O) groups excluding carboxylic acids is 1. The number of likely N-dealkylation sites (tertiary alicyclic amines) is 1. The van der Waals surface area contributed by atoms with Gasteiger partial charge in [0.15, 0.2) is 0 Å². The molecule has 0 unspecified atom stereocenters. The summed E-state index contributed by atoms with van der Waals surface area (Å²) in [6, 6.07) is 6.20. The van der Waals surface area contributed by atoms with Crippen molar-refractivity contribution in [2.45, 2.75) is 25.4 Å². The Morgan fingerprint density at radius 3 is 2.71 bits per heavy atom. The Morgan fingerprint density at radius 1 is 1.17 bits per heavy atom. The number of nitrogens with zero attached hydrogens (tertiary/aromatic N) is 2. The van der Waals surface area contributed by atoms with E-state index < -0.39 is 0 Å². The molecule has 0 radical (unpaired) electrons. The van der Waals surface area contributed by atoms with E-state index in [-0.39, 0.29) is 17.8 Å². The van der Waals surface area contributed by atoms with Gasteiger partial charge in [-0.3, -0.25) is 4.79 Å². The Morgan fingerprint density at radius 2 is 1.96 bits per heavy atom. The van der Waals surface area contributed by atoms with Crippen LogP contribution < -0.4 is 0 Å². The van der Waals surface area contributed by atoms with Crippen LogP contribution in [0.2, 0.25) is 0 Å². The van der Waals surface area contributed by atoms with Crippen molar-refractivity contribution in [3.8, 4) is 0 Å². The summed E-state index contributed by atoms with van der Waals surface area (Å²) in [4.78, 5) is 17.0. The first kappa shape index (κ1) is 16.0. The van der Waals surface area contributed by atoms with Gasteiger partial charge in [-0.15, -0.1) is 0 Å². The summed E-state index contributed by atoms with van der Waals surface area (Å²) in [5, 5.41) is 0. The highest BCUT2D eigenvalue weighted by Crippen LogP contribution is 2.31. The molecule has 1 aromatic rings. The molecule has 1 aliphatic carbocycles. The Labute approximate surface area is 142 Å². The van der Waals surface area contributed by atoms with Crippen molar-refractivity contribution >= 4 is 5.91 Å². The van der Waals surface area contributed by atoms with Gasteiger partial charge in [0.25, 0.3) is 0 Å². The number of hydrogen-bond donors (Lipinski definition) is 0. The summed E-state index contributed by atoms with van der Waals surface area (Å²) < 4.78 is 19.0. The minimum Gasteiger partial charge on any atom is -0.375 e. The first-order valence-electron chi connectivity index (χ1n) is 9.03. The van der Waals surface area contributed by atoms with E-state index in [2.05, 4.69) is 4.90 Å². The molecule has 24 heavy (non-hydrogen) atoms. The maximum atomic E-state index is 13.0. The van der Waals surface area contributed by atoms with Crippen LogP contribution in [0.5, 0.6) is 0 Å². The van der Waals surface area contributed by atoms with Crippen molar-refractivity contribution in [1.29, 1.82) is 0 Å². The number of hydrogen-bond acceptors (Lipinski definition) is 3. The molecule has 2 aliphatic heterocycles. The van der Waals surface area contributed by atoms with Crippen molar-refractivity contribution in [1.82, 2.24) is 9.80 Å². The molecule has 0 spiro atoms. The molecule has 4 nitrogen and oxygen atoms in total. The minimum absolute atomic E-state index is 0.118. The third-order valence-electron chi connectivity index (χ3n) is 5.45. The highest BCUT2D eigenvalue weighted by atomic mass is 19.1. The second-order valence-electron chi connectivity index (χ2n) is 7.47. The van der Waals surface area contributed by atoms with Crippen molar-refractivity contribution in [3.63, 3.8) is 0 Å². The molecule has 5 heteroatoms. The van der Waals surface area contributed by atoms with Gasteiger partial charge < -0.3 is 14.5 Å². The number of ether oxygens (including phenoxy) is 1. The third kappa shape index (κ3) is 3.78. The van der Waals surface area contributed by atoms with Crippen molar-refractivity contribution < 1.29 is 13.9 Å². The van der Waals surface area contributed by atoms with Crippen molar-refractivity contribution in [2.75, 3.05) is 39.3 Å². The predicted octanol–water partition coefficient (Wildman–Crippen LogP) is 1.94. The fourth-order valence-corrected chi connectivity index (χ4v) is 3.89. The van der Waals surface area contributed by atoms with Crippen LogP contribution in [0.1, 0.15) is 18.4 Å². The fourth-order valence-electron chi connectivity index (χ4n) is 3.89.